The maximum atomic E-state index is 12.0. The minimum Gasteiger partial charge on any atom is -0.497 e. The van der Waals surface area contributed by atoms with Crippen molar-refractivity contribution in [1.29, 1.82) is 0 Å². The average molecular weight is 375 g/mol. The molecule has 0 unspecified atom stereocenters. The fraction of sp³-hybridized carbons (Fsp3) is 0.105. The summed E-state index contributed by atoms with van der Waals surface area (Å²) >= 11 is 7.08. The van der Waals surface area contributed by atoms with Gasteiger partial charge in [-0.05, 0) is 60.7 Å². The Morgan fingerprint density at radius 2 is 1.88 bits per heavy atom. The van der Waals surface area contributed by atoms with Crippen molar-refractivity contribution in [2.24, 2.45) is 0 Å². The molecule has 0 fully saturated rings. The van der Waals surface area contributed by atoms with Crippen molar-refractivity contribution < 1.29 is 18.7 Å². The van der Waals surface area contributed by atoms with Gasteiger partial charge in [0.1, 0.15) is 29.6 Å². The van der Waals surface area contributed by atoms with E-state index in [0.29, 0.717) is 27.3 Å². The second-order valence-electron chi connectivity index (χ2n) is 5.07. The predicted molar refractivity (Wildman–Crippen MR) is 98.7 cm³/mol. The number of furan rings is 1. The summed E-state index contributed by atoms with van der Waals surface area (Å²) in [5, 5.41) is 0. The lowest BCUT2D eigenvalue weighted by molar-refractivity contribution is 0.105. The van der Waals surface area contributed by atoms with Crippen LogP contribution in [0, 0.1) is 0 Å². The molecular formula is C19H15ClO4S. The quantitative estimate of drug-likeness (QED) is 0.406. The number of methoxy groups -OCH3 is 1. The molecule has 25 heavy (non-hydrogen) atoms. The standard InChI is InChI=1S/C19H15ClO4S/c1-22-13-2-4-14(5-3-13)23-12-16-7-6-15(24-16)8-9-17(21)18-10-11-19(20)25-18/h2-11H,12H2,1H3/b9-8+. The number of ether oxygens (including phenoxy) is 2. The van der Waals surface area contributed by atoms with Gasteiger partial charge in [-0.15, -0.1) is 11.3 Å². The predicted octanol–water partition coefficient (Wildman–Crippen LogP) is 5.48. The highest BCUT2D eigenvalue weighted by Gasteiger charge is 2.06. The first kappa shape index (κ1) is 17.3. The molecule has 3 rings (SSSR count). The van der Waals surface area contributed by atoms with Crippen molar-refractivity contribution in [2.45, 2.75) is 6.61 Å². The molecule has 2 heterocycles. The number of carbonyl (C=O) groups is 1. The summed E-state index contributed by atoms with van der Waals surface area (Å²) in [4.78, 5) is 12.6. The summed E-state index contributed by atoms with van der Waals surface area (Å²) in [6, 6.07) is 14.3. The van der Waals surface area contributed by atoms with Gasteiger partial charge in [0.2, 0.25) is 0 Å². The molecule has 0 aliphatic carbocycles. The number of allylic oxidation sites excluding steroid dienone is 1. The second kappa shape index (κ2) is 8.05. The smallest absolute Gasteiger partial charge is 0.195 e. The Labute approximate surface area is 154 Å². The zero-order chi connectivity index (χ0) is 17.6. The van der Waals surface area contributed by atoms with Gasteiger partial charge in [-0.1, -0.05) is 11.6 Å². The molecule has 0 N–H and O–H groups in total. The molecule has 3 aromatic rings. The van der Waals surface area contributed by atoms with Gasteiger partial charge in [-0.2, -0.15) is 0 Å². The Hall–Kier alpha value is -2.50. The van der Waals surface area contributed by atoms with Crippen molar-refractivity contribution in [3.63, 3.8) is 0 Å². The van der Waals surface area contributed by atoms with Crippen LogP contribution in [0.4, 0.5) is 0 Å². The van der Waals surface area contributed by atoms with Crippen LogP contribution in [0.2, 0.25) is 4.34 Å². The fourth-order valence-corrected chi connectivity index (χ4v) is 3.04. The molecule has 2 aromatic heterocycles. The number of halogens is 1. The number of thiophene rings is 1. The Morgan fingerprint density at radius 3 is 2.56 bits per heavy atom. The Kier molecular flexibility index (Phi) is 5.58. The molecule has 0 spiro atoms. The van der Waals surface area contributed by atoms with Crippen molar-refractivity contribution in [3.8, 4) is 11.5 Å². The van der Waals surface area contributed by atoms with E-state index in [-0.39, 0.29) is 5.78 Å². The van der Waals surface area contributed by atoms with Gasteiger partial charge < -0.3 is 13.9 Å². The minimum absolute atomic E-state index is 0.107. The topological polar surface area (TPSA) is 48.7 Å². The van der Waals surface area contributed by atoms with Gasteiger partial charge in [-0.25, -0.2) is 0 Å². The van der Waals surface area contributed by atoms with E-state index in [4.69, 9.17) is 25.5 Å². The first-order chi connectivity index (χ1) is 12.1. The molecule has 0 radical (unpaired) electrons. The average Bonchev–Trinajstić information content (AvgIpc) is 3.27. The van der Waals surface area contributed by atoms with Crippen LogP contribution in [0.15, 0.2) is 59.0 Å². The minimum atomic E-state index is -0.107. The van der Waals surface area contributed by atoms with E-state index in [1.165, 1.54) is 17.4 Å². The number of carbonyl (C=O) groups excluding carboxylic acids is 1. The lowest BCUT2D eigenvalue weighted by atomic mass is 10.3. The van der Waals surface area contributed by atoms with Crippen LogP contribution in [-0.2, 0) is 6.61 Å². The van der Waals surface area contributed by atoms with E-state index in [2.05, 4.69) is 0 Å². The van der Waals surface area contributed by atoms with E-state index in [9.17, 15) is 4.79 Å². The van der Waals surface area contributed by atoms with Crippen LogP contribution in [0.5, 0.6) is 11.5 Å². The number of hydrogen-bond acceptors (Lipinski definition) is 5. The third-order valence-corrected chi connectivity index (χ3v) is 4.58. The zero-order valence-corrected chi connectivity index (χ0v) is 15.0. The third-order valence-electron chi connectivity index (χ3n) is 3.34. The van der Waals surface area contributed by atoms with Crippen LogP contribution in [0.1, 0.15) is 21.2 Å². The van der Waals surface area contributed by atoms with Gasteiger partial charge in [0, 0.05) is 0 Å². The maximum absolute atomic E-state index is 12.0. The highest BCUT2D eigenvalue weighted by Crippen LogP contribution is 2.23. The van der Waals surface area contributed by atoms with Crippen molar-refractivity contribution >= 4 is 34.8 Å². The molecule has 6 heteroatoms. The van der Waals surface area contributed by atoms with Gasteiger partial charge in [0.05, 0.1) is 16.3 Å². The Morgan fingerprint density at radius 1 is 1.12 bits per heavy atom. The fourth-order valence-electron chi connectivity index (χ4n) is 2.07. The van der Waals surface area contributed by atoms with E-state index in [0.717, 1.165) is 11.5 Å². The molecule has 128 valence electrons. The summed E-state index contributed by atoms with van der Waals surface area (Å²) in [6.07, 6.45) is 3.10. The van der Waals surface area contributed by atoms with Crippen molar-refractivity contribution in [3.05, 3.63) is 75.3 Å². The molecule has 4 nitrogen and oxygen atoms in total. The van der Waals surface area contributed by atoms with Gasteiger partial charge in [0.25, 0.3) is 0 Å². The molecule has 0 saturated heterocycles. The number of rotatable bonds is 7. The lowest BCUT2D eigenvalue weighted by Gasteiger charge is -2.05. The van der Waals surface area contributed by atoms with Crippen LogP contribution >= 0.6 is 22.9 Å². The molecule has 1 aromatic carbocycles. The highest BCUT2D eigenvalue weighted by molar-refractivity contribution is 7.18. The summed E-state index contributed by atoms with van der Waals surface area (Å²) in [7, 11) is 1.62. The molecule has 0 aliphatic rings. The zero-order valence-electron chi connectivity index (χ0n) is 13.4. The second-order valence-corrected chi connectivity index (χ2v) is 6.78. The molecule has 0 aliphatic heterocycles. The van der Waals surface area contributed by atoms with Crippen LogP contribution in [-0.4, -0.2) is 12.9 Å². The molecule has 0 saturated carbocycles. The number of ketones is 1. The molecule has 0 atom stereocenters. The van der Waals surface area contributed by atoms with E-state index in [1.807, 2.05) is 30.3 Å². The summed E-state index contributed by atoms with van der Waals surface area (Å²) in [6.45, 7) is 0.300. The van der Waals surface area contributed by atoms with Crippen LogP contribution < -0.4 is 9.47 Å². The van der Waals surface area contributed by atoms with Gasteiger partial charge in [-0.3, -0.25) is 4.79 Å². The highest BCUT2D eigenvalue weighted by atomic mass is 35.5. The first-order valence-corrected chi connectivity index (χ1v) is 8.67. The summed E-state index contributed by atoms with van der Waals surface area (Å²) in [5.74, 6) is 2.64. The van der Waals surface area contributed by atoms with Crippen molar-refractivity contribution in [1.82, 2.24) is 0 Å². The Bertz CT molecular complexity index is 877. The molecular weight excluding hydrogens is 360 g/mol. The van der Waals surface area contributed by atoms with Crippen LogP contribution in [0.25, 0.3) is 6.08 Å². The first-order valence-electron chi connectivity index (χ1n) is 7.47. The molecule has 0 bridgehead atoms. The third kappa shape index (κ3) is 4.75. The summed E-state index contributed by atoms with van der Waals surface area (Å²) < 4.78 is 17.0. The number of benzene rings is 1. The molecule has 0 amide bonds. The SMILES string of the molecule is COc1ccc(OCc2ccc(/C=C/C(=O)c3ccc(Cl)s3)o2)cc1. The monoisotopic (exact) mass is 374 g/mol. The lowest BCUT2D eigenvalue weighted by Crippen LogP contribution is -1.93. The maximum Gasteiger partial charge on any atom is 0.195 e. The largest absolute Gasteiger partial charge is 0.497 e. The van der Waals surface area contributed by atoms with Gasteiger partial charge >= 0.3 is 0 Å². The van der Waals surface area contributed by atoms with Crippen LogP contribution in [0.3, 0.4) is 0 Å². The Balaban J connectivity index is 1.56. The number of hydrogen-bond donors (Lipinski definition) is 0. The van der Waals surface area contributed by atoms with Crippen molar-refractivity contribution in [2.75, 3.05) is 7.11 Å². The normalized spacial score (nSPS) is 11.0. The summed E-state index contributed by atoms with van der Waals surface area (Å²) in [5.41, 5.74) is 0. The van der Waals surface area contributed by atoms with Gasteiger partial charge in [0.15, 0.2) is 5.78 Å². The van der Waals surface area contributed by atoms with E-state index < -0.39 is 0 Å². The van der Waals surface area contributed by atoms with E-state index in [1.54, 1.807) is 31.4 Å². The van der Waals surface area contributed by atoms with E-state index >= 15 is 0 Å².